The SMILES string of the molecule is CCC(=NO)C(=NO)c1ccc(C2CCCC2)cc1. The first-order chi connectivity index (χ1) is 9.30. The Morgan fingerprint density at radius 3 is 2.21 bits per heavy atom. The summed E-state index contributed by atoms with van der Waals surface area (Å²) in [4.78, 5) is 0. The highest BCUT2D eigenvalue weighted by Gasteiger charge is 2.18. The van der Waals surface area contributed by atoms with Gasteiger partial charge in [0.05, 0.1) is 0 Å². The van der Waals surface area contributed by atoms with Gasteiger partial charge in [0.25, 0.3) is 0 Å². The molecule has 0 spiro atoms. The van der Waals surface area contributed by atoms with Gasteiger partial charge in [-0.1, -0.05) is 54.3 Å². The predicted octanol–water partition coefficient (Wildman–Crippen LogP) is 3.76. The highest BCUT2D eigenvalue weighted by Crippen LogP contribution is 2.34. The standard InChI is InChI=1S/C15H20N2O2/c1-2-14(16-18)15(17-19)13-9-7-12(8-10-13)11-5-3-4-6-11/h7-11,18-19H,2-6H2,1H3. The van der Waals surface area contributed by atoms with E-state index in [1.807, 2.05) is 19.1 Å². The van der Waals surface area contributed by atoms with Crippen molar-refractivity contribution in [3.05, 3.63) is 35.4 Å². The maximum atomic E-state index is 9.09. The molecule has 2 N–H and O–H groups in total. The van der Waals surface area contributed by atoms with Gasteiger partial charge in [-0.25, -0.2) is 0 Å². The summed E-state index contributed by atoms with van der Waals surface area (Å²) in [5, 5.41) is 24.4. The van der Waals surface area contributed by atoms with Gasteiger partial charge in [-0.2, -0.15) is 0 Å². The first-order valence-corrected chi connectivity index (χ1v) is 6.83. The molecule has 0 saturated heterocycles. The Balaban J connectivity index is 2.21. The molecule has 0 heterocycles. The van der Waals surface area contributed by atoms with Crippen molar-refractivity contribution in [3.8, 4) is 0 Å². The Hall–Kier alpha value is -1.84. The number of oxime groups is 2. The molecule has 1 aromatic carbocycles. The normalized spacial score (nSPS) is 17.9. The van der Waals surface area contributed by atoms with Gasteiger partial charge in [-0.3, -0.25) is 0 Å². The summed E-state index contributed by atoms with van der Waals surface area (Å²) in [6, 6.07) is 8.04. The smallest absolute Gasteiger partial charge is 0.134 e. The number of hydrogen-bond acceptors (Lipinski definition) is 4. The third kappa shape index (κ3) is 2.95. The zero-order chi connectivity index (χ0) is 13.7. The van der Waals surface area contributed by atoms with Crippen LogP contribution in [0, 0.1) is 0 Å². The van der Waals surface area contributed by atoms with Crippen molar-refractivity contribution in [2.45, 2.75) is 44.9 Å². The summed E-state index contributed by atoms with van der Waals surface area (Å²) in [7, 11) is 0. The summed E-state index contributed by atoms with van der Waals surface area (Å²) >= 11 is 0. The third-order valence-corrected chi connectivity index (χ3v) is 3.84. The number of rotatable bonds is 4. The van der Waals surface area contributed by atoms with Crippen molar-refractivity contribution in [2.24, 2.45) is 10.3 Å². The lowest BCUT2D eigenvalue weighted by molar-refractivity contribution is 0.313. The summed E-state index contributed by atoms with van der Waals surface area (Å²) in [6.07, 6.45) is 5.66. The van der Waals surface area contributed by atoms with Gasteiger partial charge in [-0.15, -0.1) is 0 Å². The molecule has 0 unspecified atom stereocenters. The van der Waals surface area contributed by atoms with Crippen LogP contribution < -0.4 is 0 Å². The van der Waals surface area contributed by atoms with Crippen LogP contribution >= 0.6 is 0 Å². The summed E-state index contributed by atoms with van der Waals surface area (Å²) in [5.74, 6) is 0.667. The summed E-state index contributed by atoms with van der Waals surface area (Å²) in [5.41, 5.74) is 2.84. The molecule has 102 valence electrons. The minimum Gasteiger partial charge on any atom is -0.411 e. The van der Waals surface area contributed by atoms with E-state index in [-0.39, 0.29) is 0 Å². The van der Waals surface area contributed by atoms with Crippen LogP contribution in [0.25, 0.3) is 0 Å². The highest BCUT2D eigenvalue weighted by atomic mass is 16.4. The van der Waals surface area contributed by atoms with E-state index >= 15 is 0 Å². The Morgan fingerprint density at radius 2 is 1.74 bits per heavy atom. The maximum Gasteiger partial charge on any atom is 0.134 e. The van der Waals surface area contributed by atoms with E-state index in [2.05, 4.69) is 22.4 Å². The molecule has 1 aromatic rings. The van der Waals surface area contributed by atoms with Crippen LogP contribution in [0.5, 0.6) is 0 Å². The molecule has 0 radical (unpaired) electrons. The van der Waals surface area contributed by atoms with Crippen molar-refractivity contribution >= 4 is 11.4 Å². The van der Waals surface area contributed by atoms with Crippen molar-refractivity contribution in [3.63, 3.8) is 0 Å². The lowest BCUT2D eigenvalue weighted by Gasteiger charge is -2.11. The molecule has 4 heteroatoms. The van der Waals surface area contributed by atoms with Gasteiger partial charge in [0.2, 0.25) is 0 Å². The lowest BCUT2D eigenvalue weighted by atomic mass is 9.95. The van der Waals surface area contributed by atoms with Crippen LogP contribution in [0.15, 0.2) is 34.6 Å². The maximum absolute atomic E-state index is 9.09. The van der Waals surface area contributed by atoms with Crippen LogP contribution in [0.1, 0.15) is 56.1 Å². The van der Waals surface area contributed by atoms with Gasteiger partial charge >= 0.3 is 0 Å². The van der Waals surface area contributed by atoms with Crippen LogP contribution in [0.3, 0.4) is 0 Å². The fourth-order valence-corrected chi connectivity index (χ4v) is 2.74. The van der Waals surface area contributed by atoms with E-state index in [1.165, 1.54) is 31.2 Å². The van der Waals surface area contributed by atoms with Crippen LogP contribution in [-0.4, -0.2) is 21.8 Å². The molecule has 1 aliphatic rings. The van der Waals surface area contributed by atoms with E-state index in [0.29, 0.717) is 23.8 Å². The second-order valence-corrected chi connectivity index (χ2v) is 4.95. The Labute approximate surface area is 113 Å². The van der Waals surface area contributed by atoms with Gasteiger partial charge < -0.3 is 10.4 Å². The largest absolute Gasteiger partial charge is 0.411 e. The van der Waals surface area contributed by atoms with Crippen molar-refractivity contribution in [1.82, 2.24) is 0 Å². The molecular formula is C15H20N2O2. The average Bonchev–Trinajstić information content (AvgIpc) is 2.99. The van der Waals surface area contributed by atoms with E-state index in [9.17, 15) is 0 Å². The molecule has 0 aliphatic heterocycles. The highest BCUT2D eigenvalue weighted by molar-refractivity contribution is 6.48. The molecule has 0 aromatic heterocycles. The van der Waals surface area contributed by atoms with Gasteiger partial charge in [-0.05, 0) is 30.7 Å². The van der Waals surface area contributed by atoms with Crippen molar-refractivity contribution in [1.29, 1.82) is 0 Å². The second-order valence-electron chi connectivity index (χ2n) is 4.95. The average molecular weight is 260 g/mol. The molecule has 0 bridgehead atoms. The summed E-state index contributed by atoms with van der Waals surface area (Å²) < 4.78 is 0. The van der Waals surface area contributed by atoms with Gasteiger partial charge in [0, 0.05) is 5.56 Å². The van der Waals surface area contributed by atoms with Crippen molar-refractivity contribution < 1.29 is 10.4 Å². The lowest BCUT2D eigenvalue weighted by Crippen LogP contribution is -2.15. The molecule has 2 rings (SSSR count). The molecule has 0 amide bonds. The van der Waals surface area contributed by atoms with E-state index in [4.69, 9.17) is 10.4 Å². The Kier molecular flexibility index (Phi) is 4.55. The van der Waals surface area contributed by atoms with E-state index < -0.39 is 0 Å². The number of benzene rings is 1. The molecule has 4 nitrogen and oxygen atoms in total. The fourth-order valence-electron chi connectivity index (χ4n) is 2.74. The van der Waals surface area contributed by atoms with Crippen LogP contribution in [0.4, 0.5) is 0 Å². The van der Waals surface area contributed by atoms with E-state index in [0.717, 1.165) is 5.56 Å². The minimum absolute atomic E-state index is 0.336. The van der Waals surface area contributed by atoms with Gasteiger partial charge in [0.1, 0.15) is 11.4 Å². The quantitative estimate of drug-likeness (QED) is 0.491. The monoisotopic (exact) mass is 260 g/mol. The first-order valence-electron chi connectivity index (χ1n) is 6.83. The predicted molar refractivity (Wildman–Crippen MR) is 75.5 cm³/mol. The molecular weight excluding hydrogens is 240 g/mol. The molecule has 1 saturated carbocycles. The second kappa shape index (κ2) is 6.36. The first kappa shape index (κ1) is 13.6. The third-order valence-electron chi connectivity index (χ3n) is 3.84. The number of nitrogens with zero attached hydrogens (tertiary/aromatic N) is 2. The summed E-state index contributed by atoms with van der Waals surface area (Å²) in [6.45, 7) is 1.85. The molecule has 1 fully saturated rings. The minimum atomic E-state index is 0.336. The Bertz CT molecular complexity index is 471. The van der Waals surface area contributed by atoms with Crippen molar-refractivity contribution in [2.75, 3.05) is 0 Å². The molecule has 0 atom stereocenters. The molecule has 19 heavy (non-hydrogen) atoms. The number of hydrogen-bond donors (Lipinski definition) is 2. The zero-order valence-corrected chi connectivity index (χ0v) is 11.2. The van der Waals surface area contributed by atoms with E-state index in [1.54, 1.807) is 0 Å². The molecule has 1 aliphatic carbocycles. The topological polar surface area (TPSA) is 65.2 Å². The van der Waals surface area contributed by atoms with Crippen LogP contribution in [-0.2, 0) is 0 Å². The fraction of sp³-hybridized carbons (Fsp3) is 0.467. The zero-order valence-electron chi connectivity index (χ0n) is 11.2. The van der Waals surface area contributed by atoms with Gasteiger partial charge in [0.15, 0.2) is 0 Å². The van der Waals surface area contributed by atoms with Crippen LogP contribution in [0.2, 0.25) is 0 Å². The Morgan fingerprint density at radius 1 is 1.11 bits per heavy atom.